The van der Waals surface area contributed by atoms with Crippen LogP contribution in [0.4, 0.5) is 0 Å². The highest BCUT2D eigenvalue weighted by atomic mass is 15.0. The van der Waals surface area contributed by atoms with Crippen LogP contribution in [0, 0.1) is 13.8 Å². The van der Waals surface area contributed by atoms with Crippen molar-refractivity contribution in [1.29, 1.82) is 0 Å². The molecule has 0 unspecified atom stereocenters. The Bertz CT molecular complexity index is 1380. The number of benzene rings is 3. The van der Waals surface area contributed by atoms with Gasteiger partial charge in [0.1, 0.15) is 5.65 Å². The third-order valence-corrected chi connectivity index (χ3v) is 5.69. The summed E-state index contributed by atoms with van der Waals surface area (Å²) in [7, 11) is 0. The van der Waals surface area contributed by atoms with Crippen LogP contribution in [-0.4, -0.2) is 14.4 Å². The number of imidazole rings is 1. The van der Waals surface area contributed by atoms with E-state index in [4.69, 9.17) is 4.98 Å². The Balaban J connectivity index is 1.87. The predicted octanol–water partition coefficient (Wildman–Crippen LogP) is 5.91. The van der Waals surface area contributed by atoms with Crippen LogP contribution < -0.4 is 0 Å². The van der Waals surface area contributed by atoms with Crippen LogP contribution in [-0.2, 0) is 0 Å². The van der Waals surface area contributed by atoms with E-state index >= 15 is 0 Å². The van der Waals surface area contributed by atoms with Gasteiger partial charge in [-0.2, -0.15) is 0 Å². The minimum absolute atomic E-state index is 0.992. The summed E-state index contributed by atoms with van der Waals surface area (Å²) in [6, 6.07) is 17.2. The second kappa shape index (κ2) is 5.04. The molecule has 0 radical (unpaired) electrons. The number of aryl methyl sites for hydroxylation is 2. The van der Waals surface area contributed by atoms with Crippen molar-refractivity contribution < 1.29 is 0 Å². The molecule has 0 spiro atoms. The average molecular weight is 347 g/mol. The first-order chi connectivity index (χ1) is 13.2. The van der Waals surface area contributed by atoms with Crippen molar-refractivity contribution in [2.24, 2.45) is 0 Å². The molecule has 128 valence electrons. The van der Waals surface area contributed by atoms with Crippen molar-refractivity contribution in [2.75, 3.05) is 0 Å². The molecule has 0 atom stereocenters. The molecule has 3 aromatic heterocycles. The number of nitrogens with zero attached hydrogens (tertiary/aromatic N) is 3. The zero-order valence-electron chi connectivity index (χ0n) is 15.2. The molecule has 3 nitrogen and oxygen atoms in total. The highest BCUT2D eigenvalue weighted by Crippen LogP contribution is 2.37. The Morgan fingerprint density at radius 1 is 0.778 bits per heavy atom. The quantitative estimate of drug-likeness (QED) is 0.346. The number of hydrogen-bond acceptors (Lipinski definition) is 2. The lowest BCUT2D eigenvalue weighted by molar-refractivity contribution is 1.24. The molecule has 27 heavy (non-hydrogen) atoms. The minimum atomic E-state index is 0.992. The first-order valence-electron chi connectivity index (χ1n) is 9.18. The number of pyridine rings is 2. The molecule has 0 aliphatic heterocycles. The lowest BCUT2D eigenvalue weighted by Gasteiger charge is -2.12. The Hall–Kier alpha value is -3.46. The molecule has 0 saturated carbocycles. The topological polar surface area (TPSA) is 30.2 Å². The molecule has 6 aromatic rings. The summed E-state index contributed by atoms with van der Waals surface area (Å²) >= 11 is 0. The van der Waals surface area contributed by atoms with Crippen molar-refractivity contribution in [3.05, 3.63) is 78.2 Å². The maximum Gasteiger partial charge on any atom is 0.145 e. The number of rotatable bonds is 1. The highest BCUT2D eigenvalue weighted by Gasteiger charge is 2.17. The van der Waals surface area contributed by atoms with Crippen molar-refractivity contribution in [1.82, 2.24) is 14.4 Å². The van der Waals surface area contributed by atoms with Gasteiger partial charge in [-0.1, -0.05) is 48.5 Å². The van der Waals surface area contributed by atoms with Gasteiger partial charge in [0.2, 0.25) is 0 Å². The molecule has 0 aliphatic carbocycles. The van der Waals surface area contributed by atoms with Crippen LogP contribution in [0.2, 0.25) is 0 Å². The monoisotopic (exact) mass is 347 g/mol. The van der Waals surface area contributed by atoms with Crippen LogP contribution in [0.3, 0.4) is 0 Å². The Labute approximate surface area is 156 Å². The van der Waals surface area contributed by atoms with E-state index in [0.717, 1.165) is 16.9 Å². The summed E-state index contributed by atoms with van der Waals surface area (Å²) in [5, 5.41) is 6.14. The zero-order valence-corrected chi connectivity index (χ0v) is 15.2. The predicted molar refractivity (Wildman–Crippen MR) is 112 cm³/mol. The van der Waals surface area contributed by atoms with E-state index in [2.05, 4.69) is 78.0 Å². The average Bonchev–Trinajstić information content (AvgIpc) is 3.12. The second-order valence-electron chi connectivity index (χ2n) is 7.31. The van der Waals surface area contributed by atoms with E-state index in [9.17, 15) is 0 Å². The number of fused-ring (bicyclic) bond motifs is 3. The molecular weight excluding hydrogens is 330 g/mol. The molecule has 0 aliphatic rings. The fourth-order valence-corrected chi connectivity index (χ4v) is 4.49. The molecule has 0 fully saturated rings. The number of aromatic nitrogens is 3. The van der Waals surface area contributed by atoms with Gasteiger partial charge >= 0.3 is 0 Å². The van der Waals surface area contributed by atoms with Gasteiger partial charge in [0.15, 0.2) is 0 Å². The van der Waals surface area contributed by atoms with E-state index in [1.807, 2.05) is 12.4 Å². The summed E-state index contributed by atoms with van der Waals surface area (Å²) in [4.78, 5) is 9.58. The molecule has 0 saturated heterocycles. The zero-order chi connectivity index (χ0) is 18.1. The van der Waals surface area contributed by atoms with Gasteiger partial charge in [-0.25, -0.2) is 4.98 Å². The summed E-state index contributed by atoms with van der Waals surface area (Å²) < 4.78 is 2.21. The van der Waals surface area contributed by atoms with Gasteiger partial charge in [-0.05, 0) is 30.4 Å². The highest BCUT2D eigenvalue weighted by molar-refractivity contribution is 6.25. The van der Waals surface area contributed by atoms with Crippen molar-refractivity contribution in [3.8, 4) is 11.3 Å². The SMILES string of the molecule is Cc1cccc(C)c1-c1cn2c3cncc4ccc5cccc(c5c43)c2n1. The molecule has 0 bridgehead atoms. The van der Waals surface area contributed by atoms with Crippen molar-refractivity contribution in [3.63, 3.8) is 0 Å². The van der Waals surface area contributed by atoms with Crippen molar-refractivity contribution in [2.45, 2.75) is 13.8 Å². The molecule has 3 aromatic carbocycles. The first-order valence-corrected chi connectivity index (χ1v) is 9.18. The van der Waals surface area contributed by atoms with E-state index in [1.165, 1.54) is 43.6 Å². The van der Waals surface area contributed by atoms with Crippen LogP contribution >= 0.6 is 0 Å². The smallest absolute Gasteiger partial charge is 0.145 e. The van der Waals surface area contributed by atoms with Gasteiger partial charge in [0.25, 0.3) is 0 Å². The van der Waals surface area contributed by atoms with E-state index in [1.54, 1.807) is 0 Å². The largest absolute Gasteiger partial charge is 0.297 e. The fraction of sp³-hybridized carbons (Fsp3) is 0.0833. The Morgan fingerprint density at radius 2 is 1.56 bits per heavy atom. The fourth-order valence-electron chi connectivity index (χ4n) is 4.49. The molecule has 0 N–H and O–H groups in total. The second-order valence-corrected chi connectivity index (χ2v) is 7.31. The molecule has 3 heterocycles. The maximum atomic E-state index is 5.09. The molecule has 0 amide bonds. The molecular formula is C24H17N3. The van der Waals surface area contributed by atoms with Gasteiger partial charge in [-0.3, -0.25) is 9.38 Å². The van der Waals surface area contributed by atoms with Crippen LogP contribution in [0.25, 0.3) is 49.4 Å². The normalized spacial score (nSPS) is 12.1. The third kappa shape index (κ3) is 1.86. The van der Waals surface area contributed by atoms with Crippen molar-refractivity contribution >= 4 is 38.1 Å². The maximum absolute atomic E-state index is 5.09. The summed E-state index contributed by atoms with van der Waals surface area (Å²) in [5.41, 5.74) is 6.83. The van der Waals surface area contributed by atoms with Crippen LogP contribution in [0.15, 0.2) is 67.1 Å². The number of hydrogen-bond donors (Lipinski definition) is 0. The first kappa shape index (κ1) is 14.7. The van der Waals surface area contributed by atoms with E-state index in [0.29, 0.717) is 0 Å². The molecule has 3 heteroatoms. The summed E-state index contributed by atoms with van der Waals surface area (Å²) in [6.45, 7) is 4.30. The third-order valence-electron chi connectivity index (χ3n) is 5.69. The lowest BCUT2D eigenvalue weighted by Crippen LogP contribution is -1.93. The van der Waals surface area contributed by atoms with Gasteiger partial charge < -0.3 is 0 Å². The Morgan fingerprint density at radius 3 is 2.41 bits per heavy atom. The standard InChI is InChI=1S/C24H17N3/c1-14-5-3-6-15(2)21(14)19-13-27-20-12-25-11-17-10-9-16-7-4-8-18(24(27)26-19)22(16)23(17)20/h3-13H,1-2H3. The van der Waals surface area contributed by atoms with Crippen LogP contribution in [0.1, 0.15) is 11.1 Å². The van der Waals surface area contributed by atoms with E-state index < -0.39 is 0 Å². The van der Waals surface area contributed by atoms with Gasteiger partial charge in [0.05, 0.1) is 17.4 Å². The van der Waals surface area contributed by atoms with Gasteiger partial charge in [0, 0.05) is 39.5 Å². The van der Waals surface area contributed by atoms with Crippen LogP contribution in [0.5, 0.6) is 0 Å². The Kier molecular flexibility index (Phi) is 2.74. The lowest BCUT2D eigenvalue weighted by atomic mass is 9.99. The van der Waals surface area contributed by atoms with E-state index in [-0.39, 0.29) is 0 Å². The van der Waals surface area contributed by atoms with Gasteiger partial charge in [-0.15, -0.1) is 0 Å². The summed E-state index contributed by atoms with van der Waals surface area (Å²) in [5.74, 6) is 0. The minimum Gasteiger partial charge on any atom is -0.297 e. The molecule has 6 rings (SSSR count). The summed E-state index contributed by atoms with van der Waals surface area (Å²) in [6.07, 6.45) is 6.07.